The van der Waals surface area contributed by atoms with E-state index in [1.54, 1.807) is 7.11 Å². The third-order valence-corrected chi connectivity index (χ3v) is 2.61. The van der Waals surface area contributed by atoms with E-state index in [1.165, 1.54) is 6.92 Å². The van der Waals surface area contributed by atoms with Gasteiger partial charge in [-0.25, -0.2) is 4.99 Å². The zero-order chi connectivity index (χ0) is 15.5. The summed E-state index contributed by atoms with van der Waals surface area (Å²) in [5.74, 6) is 0.671. The summed E-state index contributed by atoms with van der Waals surface area (Å²) in [5.41, 5.74) is 1.82. The van der Waals surface area contributed by atoms with Crippen LogP contribution in [0.4, 0.5) is 5.69 Å². The lowest BCUT2D eigenvalue weighted by atomic mass is 10.2. The summed E-state index contributed by atoms with van der Waals surface area (Å²) in [4.78, 5) is 15.6. The number of carbonyl (C=O) groups is 1. The molecule has 0 spiro atoms. The summed E-state index contributed by atoms with van der Waals surface area (Å²) in [7, 11) is 1.67. The third kappa shape index (κ3) is 8.83. The fourth-order valence-corrected chi connectivity index (χ4v) is 1.73. The van der Waals surface area contributed by atoms with Crippen molar-refractivity contribution in [1.29, 1.82) is 0 Å². The van der Waals surface area contributed by atoms with Crippen molar-refractivity contribution < 1.29 is 9.53 Å². The minimum atomic E-state index is -0.0785. The number of nitrogens with one attached hydrogen (secondary N) is 3. The monoisotopic (exact) mass is 420 g/mol. The SMILES string of the molecule is CCNC(=NCc1cccc(NC(C)=O)c1)NCCOC.I. The quantitative estimate of drug-likeness (QED) is 0.273. The number of halogens is 1. The van der Waals surface area contributed by atoms with Gasteiger partial charge in [-0.1, -0.05) is 12.1 Å². The highest BCUT2D eigenvalue weighted by Gasteiger charge is 1.99. The summed E-state index contributed by atoms with van der Waals surface area (Å²) in [6, 6.07) is 7.66. The summed E-state index contributed by atoms with van der Waals surface area (Å²) >= 11 is 0. The third-order valence-electron chi connectivity index (χ3n) is 2.61. The highest BCUT2D eigenvalue weighted by atomic mass is 127. The molecule has 0 heterocycles. The first-order valence-corrected chi connectivity index (χ1v) is 7.03. The van der Waals surface area contributed by atoms with Crippen molar-refractivity contribution in [3.05, 3.63) is 29.8 Å². The number of amides is 1. The van der Waals surface area contributed by atoms with Crippen LogP contribution < -0.4 is 16.0 Å². The van der Waals surface area contributed by atoms with Crippen LogP contribution in [0.1, 0.15) is 19.4 Å². The maximum absolute atomic E-state index is 11.1. The first-order valence-electron chi connectivity index (χ1n) is 7.03. The second-order valence-corrected chi connectivity index (χ2v) is 4.50. The number of methoxy groups -OCH3 is 1. The number of nitrogens with zero attached hydrogens (tertiary/aromatic N) is 1. The summed E-state index contributed by atoms with van der Waals surface area (Å²) in [6.07, 6.45) is 0. The molecule has 1 aromatic carbocycles. The molecule has 22 heavy (non-hydrogen) atoms. The van der Waals surface area contributed by atoms with Crippen molar-refractivity contribution in [2.45, 2.75) is 20.4 Å². The number of hydrogen-bond acceptors (Lipinski definition) is 3. The van der Waals surface area contributed by atoms with Crippen molar-refractivity contribution >= 4 is 41.5 Å². The molecule has 0 aliphatic carbocycles. The lowest BCUT2D eigenvalue weighted by Gasteiger charge is -2.11. The van der Waals surface area contributed by atoms with Crippen molar-refractivity contribution in [2.75, 3.05) is 32.1 Å². The van der Waals surface area contributed by atoms with Crippen molar-refractivity contribution in [1.82, 2.24) is 10.6 Å². The fraction of sp³-hybridized carbons (Fsp3) is 0.467. The van der Waals surface area contributed by atoms with Crippen molar-refractivity contribution in [3.8, 4) is 0 Å². The van der Waals surface area contributed by atoms with E-state index in [0.717, 1.165) is 23.8 Å². The Morgan fingerprint density at radius 1 is 1.32 bits per heavy atom. The first-order chi connectivity index (χ1) is 10.2. The Kier molecular flexibility index (Phi) is 11.5. The number of anilines is 1. The Hall–Kier alpha value is -1.35. The molecule has 1 aromatic rings. The molecule has 1 rings (SSSR count). The van der Waals surface area contributed by atoms with Gasteiger partial charge < -0.3 is 20.7 Å². The Morgan fingerprint density at radius 2 is 2.09 bits per heavy atom. The molecule has 0 unspecified atom stereocenters. The lowest BCUT2D eigenvalue weighted by molar-refractivity contribution is -0.114. The number of benzene rings is 1. The average Bonchev–Trinajstić information content (AvgIpc) is 2.44. The molecular formula is C15H25IN4O2. The van der Waals surface area contributed by atoms with E-state index in [-0.39, 0.29) is 29.9 Å². The molecule has 0 aliphatic heterocycles. The molecule has 0 bridgehead atoms. The average molecular weight is 420 g/mol. The van der Waals surface area contributed by atoms with Crippen LogP contribution in [0.2, 0.25) is 0 Å². The molecule has 3 N–H and O–H groups in total. The van der Waals surface area contributed by atoms with Crippen LogP contribution in [0, 0.1) is 0 Å². The predicted octanol–water partition coefficient (Wildman–Crippen LogP) is 1.96. The zero-order valence-corrected chi connectivity index (χ0v) is 15.6. The van der Waals surface area contributed by atoms with E-state index in [0.29, 0.717) is 19.7 Å². The van der Waals surface area contributed by atoms with Crippen LogP contribution in [-0.2, 0) is 16.1 Å². The van der Waals surface area contributed by atoms with E-state index in [4.69, 9.17) is 4.74 Å². The van der Waals surface area contributed by atoms with Gasteiger partial charge in [0.25, 0.3) is 0 Å². The van der Waals surface area contributed by atoms with E-state index >= 15 is 0 Å². The topological polar surface area (TPSA) is 74.8 Å². The number of aliphatic imine (C=N–C) groups is 1. The van der Waals surface area contributed by atoms with Gasteiger partial charge in [-0.3, -0.25) is 4.79 Å². The van der Waals surface area contributed by atoms with Crippen LogP contribution in [-0.4, -0.2) is 38.7 Å². The summed E-state index contributed by atoms with van der Waals surface area (Å²) in [5, 5.41) is 9.12. The minimum absolute atomic E-state index is 0. The molecule has 0 saturated heterocycles. The molecule has 0 radical (unpaired) electrons. The zero-order valence-electron chi connectivity index (χ0n) is 13.3. The Balaban J connectivity index is 0.00000441. The van der Waals surface area contributed by atoms with Crippen molar-refractivity contribution in [3.63, 3.8) is 0 Å². The molecule has 0 atom stereocenters. The molecule has 6 nitrogen and oxygen atoms in total. The van der Waals surface area contributed by atoms with Gasteiger partial charge in [0, 0.05) is 32.8 Å². The Labute approximate surface area is 149 Å². The molecule has 0 aliphatic rings. The van der Waals surface area contributed by atoms with Gasteiger partial charge in [-0.2, -0.15) is 0 Å². The normalized spacial score (nSPS) is 10.6. The second-order valence-electron chi connectivity index (χ2n) is 4.50. The fourth-order valence-electron chi connectivity index (χ4n) is 1.73. The maximum atomic E-state index is 11.1. The minimum Gasteiger partial charge on any atom is -0.383 e. The van der Waals surface area contributed by atoms with E-state index in [9.17, 15) is 4.79 Å². The largest absolute Gasteiger partial charge is 0.383 e. The van der Waals surface area contributed by atoms with Gasteiger partial charge in [0.2, 0.25) is 5.91 Å². The van der Waals surface area contributed by atoms with Gasteiger partial charge >= 0.3 is 0 Å². The van der Waals surface area contributed by atoms with Crippen molar-refractivity contribution in [2.24, 2.45) is 4.99 Å². The van der Waals surface area contributed by atoms with Crippen LogP contribution in [0.25, 0.3) is 0 Å². The highest BCUT2D eigenvalue weighted by molar-refractivity contribution is 14.0. The van der Waals surface area contributed by atoms with Gasteiger partial charge in [0.15, 0.2) is 5.96 Å². The molecule has 1 amide bonds. The van der Waals surface area contributed by atoms with Gasteiger partial charge in [0.1, 0.15) is 0 Å². The first kappa shape index (κ1) is 20.6. The number of rotatable bonds is 7. The predicted molar refractivity (Wildman–Crippen MR) is 101 cm³/mol. The molecule has 0 saturated carbocycles. The van der Waals surface area contributed by atoms with E-state index in [1.807, 2.05) is 31.2 Å². The second kappa shape index (κ2) is 12.2. The van der Waals surface area contributed by atoms with E-state index in [2.05, 4.69) is 20.9 Å². The van der Waals surface area contributed by atoms with Gasteiger partial charge in [-0.15, -0.1) is 24.0 Å². The molecule has 124 valence electrons. The molecule has 0 fully saturated rings. The van der Waals surface area contributed by atoms with Crippen LogP contribution in [0.3, 0.4) is 0 Å². The highest BCUT2D eigenvalue weighted by Crippen LogP contribution is 2.11. The van der Waals surface area contributed by atoms with Gasteiger partial charge in [0.05, 0.1) is 13.2 Å². The van der Waals surface area contributed by atoms with Crippen LogP contribution in [0.15, 0.2) is 29.3 Å². The standard InChI is InChI=1S/C15H24N4O2.HI/c1-4-16-15(17-8-9-21-3)18-11-13-6-5-7-14(10-13)19-12(2)20;/h5-7,10H,4,8-9,11H2,1-3H3,(H,19,20)(H2,16,17,18);1H. The number of ether oxygens (including phenoxy) is 1. The van der Waals surface area contributed by atoms with Gasteiger partial charge in [-0.05, 0) is 24.6 Å². The smallest absolute Gasteiger partial charge is 0.221 e. The number of hydrogen-bond donors (Lipinski definition) is 3. The molecule has 7 heteroatoms. The molecule has 0 aromatic heterocycles. The Morgan fingerprint density at radius 3 is 2.73 bits per heavy atom. The lowest BCUT2D eigenvalue weighted by Crippen LogP contribution is -2.38. The molecular weight excluding hydrogens is 395 g/mol. The Bertz CT molecular complexity index is 480. The van der Waals surface area contributed by atoms with Crippen LogP contribution >= 0.6 is 24.0 Å². The van der Waals surface area contributed by atoms with Crippen LogP contribution in [0.5, 0.6) is 0 Å². The number of carbonyl (C=O) groups excluding carboxylic acids is 1. The summed E-state index contributed by atoms with van der Waals surface area (Å²) < 4.78 is 5.00. The number of guanidine groups is 1. The van der Waals surface area contributed by atoms with E-state index < -0.39 is 0 Å². The maximum Gasteiger partial charge on any atom is 0.221 e. The summed E-state index contributed by atoms with van der Waals surface area (Å²) in [6.45, 7) is 6.18.